The van der Waals surface area contributed by atoms with Crippen LogP contribution in [-0.4, -0.2) is 55.6 Å². The predicted octanol–water partition coefficient (Wildman–Crippen LogP) is 2.96. The molecule has 0 atom stereocenters. The molecule has 5 rings (SSSR count). The molecule has 1 saturated heterocycles. The first-order chi connectivity index (χ1) is 13.9. The molecule has 8 heteroatoms. The molecular weight excluding hydrogens is 370 g/mol. The fraction of sp³-hybridized carbons (Fsp3) is 0.300. The van der Waals surface area contributed by atoms with Crippen LogP contribution in [0.2, 0.25) is 0 Å². The molecule has 0 saturated carbocycles. The minimum Gasteiger partial charge on any atom is -0.355 e. The molecule has 0 N–H and O–H groups in total. The molecule has 1 fully saturated rings. The second kappa shape index (κ2) is 7.65. The van der Waals surface area contributed by atoms with Crippen LogP contribution in [0.3, 0.4) is 0 Å². The molecule has 0 unspecified atom stereocenters. The zero-order valence-electron chi connectivity index (χ0n) is 15.5. The molecule has 1 aliphatic rings. The largest absolute Gasteiger partial charge is 0.355 e. The predicted molar refractivity (Wildman–Crippen MR) is 110 cm³/mol. The van der Waals surface area contributed by atoms with E-state index in [0.29, 0.717) is 5.78 Å². The quantitative estimate of drug-likeness (QED) is 0.533. The summed E-state index contributed by atoms with van der Waals surface area (Å²) < 4.78 is 1.85. The lowest BCUT2D eigenvalue weighted by molar-refractivity contribution is 0.282. The van der Waals surface area contributed by atoms with Gasteiger partial charge in [-0.15, -0.1) is 11.3 Å². The van der Waals surface area contributed by atoms with E-state index in [2.05, 4.69) is 48.4 Å². The summed E-state index contributed by atoms with van der Waals surface area (Å²) in [7, 11) is 0. The van der Waals surface area contributed by atoms with Crippen LogP contribution in [0, 0.1) is 0 Å². The Kier molecular flexibility index (Phi) is 4.72. The van der Waals surface area contributed by atoms with Crippen LogP contribution in [0.25, 0.3) is 17.0 Å². The summed E-state index contributed by atoms with van der Waals surface area (Å²) in [5.74, 6) is 1.69. The van der Waals surface area contributed by atoms with Crippen LogP contribution in [0.1, 0.15) is 12.1 Å². The number of benzene rings is 1. The first-order valence-corrected chi connectivity index (χ1v) is 10.4. The Morgan fingerprint density at radius 3 is 2.79 bits per heavy atom. The number of thiazole rings is 1. The highest BCUT2D eigenvalue weighted by Gasteiger charge is 2.20. The average Bonchev–Trinajstić information content (AvgIpc) is 3.36. The number of fused-ring (bicyclic) bond motifs is 1. The van der Waals surface area contributed by atoms with Crippen LogP contribution in [0.4, 0.5) is 5.82 Å². The Balaban J connectivity index is 1.43. The lowest BCUT2D eigenvalue weighted by Crippen LogP contribution is -2.31. The third kappa shape index (κ3) is 3.48. The normalized spacial score (nSPS) is 15.8. The lowest BCUT2D eigenvalue weighted by atomic mass is 10.1. The van der Waals surface area contributed by atoms with Crippen molar-refractivity contribution in [3.05, 3.63) is 59.3 Å². The van der Waals surface area contributed by atoms with Crippen molar-refractivity contribution in [1.82, 2.24) is 29.5 Å². The topological polar surface area (TPSA) is 62.5 Å². The minimum absolute atomic E-state index is 0.639. The zero-order valence-corrected chi connectivity index (χ0v) is 16.3. The highest BCUT2D eigenvalue weighted by molar-refractivity contribution is 7.07. The van der Waals surface area contributed by atoms with Gasteiger partial charge in [-0.1, -0.05) is 30.3 Å². The Morgan fingerprint density at radius 1 is 1.00 bits per heavy atom. The summed E-state index contributed by atoms with van der Waals surface area (Å²) in [6.45, 7) is 4.92. The summed E-state index contributed by atoms with van der Waals surface area (Å²) in [6, 6.07) is 12.4. The van der Waals surface area contributed by atoms with Gasteiger partial charge in [0.15, 0.2) is 0 Å². The van der Waals surface area contributed by atoms with Crippen molar-refractivity contribution >= 4 is 22.9 Å². The Bertz CT molecular complexity index is 1050. The number of aromatic nitrogens is 5. The molecule has 0 radical (unpaired) electrons. The second-order valence-electron chi connectivity index (χ2n) is 6.93. The van der Waals surface area contributed by atoms with Gasteiger partial charge in [0.2, 0.25) is 0 Å². The molecule has 1 aromatic carbocycles. The summed E-state index contributed by atoms with van der Waals surface area (Å²) >= 11 is 1.66. The summed E-state index contributed by atoms with van der Waals surface area (Å²) in [5, 5.41) is 6.55. The van der Waals surface area contributed by atoms with E-state index in [1.54, 1.807) is 17.7 Å². The minimum atomic E-state index is 0.639. The van der Waals surface area contributed by atoms with Gasteiger partial charge in [0.25, 0.3) is 5.78 Å². The van der Waals surface area contributed by atoms with Crippen molar-refractivity contribution in [2.75, 3.05) is 31.1 Å². The van der Waals surface area contributed by atoms with Gasteiger partial charge in [0.1, 0.15) is 12.1 Å². The molecule has 7 nitrogen and oxygen atoms in total. The van der Waals surface area contributed by atoms with E-state index < -0.39 is 0 Å². The fourth-order valence-corrected chi connectivity index (χ4v) is 4.23. The van der Waals surface area contributed by atoms with Gasteiger partial charge in [0.05, 0.1) is 16.9 Å². The molecule has 28 heavy (non-hydrogen) atoms. The van der Waals surface area contributed by atoms with Crippen molar-refractivity contribution in [2.24, 2.45) is 0 Å². The van der Waals surface area contributed by atoms with Crippen molar-refractivity contribution < 1.29 is 0 Å². The van der Waals surface area contributed by atoms with E-state index >= 15 is 0 Å². The van der Waals surface area contributed by atoms with E-state index in [9.17, 15) is 0 Å². The highest BCUT2D eigenvalue weighted by Crippen LogP contribution is 2.24. The van der Waals surface area contributed by atoms with Crippen LogP contribution >= 0.6 is 11.3 Å². The molecule has 4 aromatic rings. The Hall–Kier alpha value is -2.84. The lowest BCUT2D eigenvalue weighted by Gasteiger charge is -2.24. The standard InChI is InChI=1S/C20H21N7S/c1-2-5-16(6-3-1)18-11-19(27-20(24-18)21-14-23-27)26-8-4-7-25(9-10-26)12-17-13-28-15-22-17/h1-3,5-6,11,13-15H,4,7-10,12H2. The zero-order chi connectivity index (χ0) is 18.8. The Labute approximate surface area is 167 Å². The van der Waals surface area contributed by atoms with Crippen molar-refractivity contribution in [1.29, 1.82) is 0 Å². The molecule has 0 amide bonds. The van der Waals surface area contributed by atoms with Gasteiger partial charge < -0.3 is 4.90 Å². The molecular formula is C20H21N7S. The molecule has 0 spiro atoms. The Morgan fingerprint density at radius 2 is 1.93 bits per heavy atom. The maximum Gasteiger partial charge on any atom is 0.254 e. The highest BCUT2D eigenvalue weighted by atomic mass is 32.1. The summed E-state index contributed by atoms with van der Waals surface area (Å²) in [4.78, 5) is 18.3. The van der Waals surface area contributed by atoms with E-state index in [1.165, 1.54) is 0 Å². The van der Waals surface area contributed by atoms with Gasteiger partial charge >= 0.3 is 0 Å². The maximum absolute atomic E-state index is 4.69. The molecule has 142 valence electrons. The van der Waals surface area contributed by atoms with Crippen LogP contribution in [0.15, 0.2) is 53.6 Å². The number of hydrogen-bond donors (Lipinski definition) is 0. The van der Waals surface area contributed by atoms with Gasteiger partial charge in [-0.25, -0.2) is 9.97 Å². The molecule has 0 bridgehead atoms. The molecule has 4 heterocycles. The van der Waals surface area contributed by atoms with Crippen molar-refractivity contribution in [3.63, 3.8) is 0 Å². The van der Waals surface area contributed by atoms with Crippen LogP contribution in [0.5, 0.6) is 0 Å². The second-order valence-corrected chi connectivity index (χ2v) is 7.65. The maximum atomic E-state index is 4.69. The fourth-order valence-electron chi connectivity index (χ4n) is 3.68. The first kappa shape index (κ1) is 17.3. The van der Waals surface area contributed by atoms with Crippen LogP contribution < -0.4 is 4.90 Å². The SMILES string of the molecule is c1ccc(-c2cc(N3CCCN(Cc4cscn4)CC3)n3ncnc3n2)cc1. The number of anilines is 1. The van der Waals surface area contributed by atoms with Crippen molar-refractivity contribution in [3.8, 4) is 11.3 Å². The van der Waals surface area contributed by atoms with Crippen LogP contribution in [-0.2, 0) is 6.54 Å². The monoisotopic (exact) mass is 391 g/mol. The third-order valence-corrected chi connectivity index (χ3v) is 5.72. The van der Waals surface area contributed by atoms with Gasteiger partial charge in [0, 0.05) is 49.7 Å². The first-order valence-electron chi connectivity index (χ1n) is 9.47. The molecule has 1 aliphatic heterocycles. The van der Waals surface area contributed by atoms with E-state index in [1.807, 2.05) is 28.2 Å². The molecule has 3 aromatic heterocycles. The summed E-state index contributed by atoms with van der Waals surface area (Å²) in [5.41, 5.74) is 5.09. The van der Waals surface area contributed by atoms with Crippen molar-refractivity contribution in [2.45, 2.75) is 13.0 Å². The molecule has 0 aliphatic carbocycles. The number of rotatable bonds is 4. The van der Waals surface area contributed by atoms with Gasteiger partial charge in [-0.2, -0.15) is 14.6 Å². The van der Waals surface area contributed by atoms with E-state index in [0.717, 1.165) is 61.9 Å². The number of nitrogens with zero attached hydrogens (tertiary/aromatic N) is 7. The third-order valence-electron chi connectivity index (χ3n) is 5.08. The van der Waals surface area contributed by atoms with E-state index in [4.69, 9.17) is 4.98 Å². The number of hydrogen-bond acceptors (Lipinski definition) is 7. The average molecular weight is 392 g/mol. The van der Waals surface area contributed by atoms with Gasteiger partial charge in [-0.05, 0) is 6.42 Å². The smallest absolute Gasteiger partial charge is 0.254 e. The van der Waals surface area contributed by atoms with E-state index in [-0.39, 0.29) is 0 Å². The van der Waals surface area contributed by atoms with Gasteiger partial charge in [-0.3, -0.25) is 4.90 Å². The summed E-state index contributed by atoms with van der Waals surface area (Å²) in [6.07, 6.45) is 2.68.